The van der Waals surface area contributed by atoms with Gasteiger partial charge in [0.05, 0.1) is 6.04 Å². The zero-order valence-corrected chi connectivity index (χ0v) is 58.7. The number of primary amides is 1. The number of rotatable bonds is 47. The molecule has 10 atom stereocenters. The largest absolute Gasteiger partial charge is 0.368 e. The Balaban J connectivity index is 1.29. The lowest BCUT2D eigenvalue weighted by atomic mass is 10.00. The van der Waals surface area contributed by atoms with Gasteiger partial charge in [-0.05, 0) is 130 Å². The predicted molar refractivity (Wildman–Crippen MR) is 397 cm³/mol. The summed E-state index contributed by atoms with van der Waals surface area (Å²) in [4.78, 5) is 145. The number of nitrogens with two attached hydrogens (primary N) is 6. The van der Waals surface area contributed by atoms with E-state index in [0.717, 1.165) is 5.56 Å². The Morgan fingerprint density at radius 1 is 0.233 bits per heavy atom. The molecular weight excluding hydrogens is 1310 g/mol. The van der Waals surface area contributed by atoms with Crippen LogP contribution >= 0.6 is 0 Å². The summed E-state index contributed by atoms with van der Waals surface area (Å²) in [7, 11) is 0. The number of carbonyl (C=O) groups is 10. The predicted octanol–water partition coefficient (Wildman–Crippen LogP) is 2.13. The fourth-order valence-corrected chi connectivity index (χ4v) is 11.8. The first kappa shape index (κ1) is 81.8. The van der Waals surface area contributed by atoms with Crippen LogP contribution in [0.4, 0.5) is 0 Å². The fourth-order valence-electron chi connectivity index (χ4n) is 11.8. The molecule has 0 spiro atoms. The van der Waals surface area contributed by atoms with E-state index in [2.05, 4.69) is 47.9 Å². The molecule has 0 aliphatic carbocycles. The van der Waals surface area contributed by atoms with E-state index in [1.165, 1.54) is 0 Å². The smallest absolute Gasteiger partial charge is 0.243 e. The second-order valence-electron chi connectivity index (χ2n) is 25.8. The lowest BCUT2D eigenvalue weighted by Gasteiger charge is -2.29. The average Bonchev–Trinajstić information content (AvgIpc) is 0.853. The van der Waals surface area contributed by atoms with E-state index in [4.69, 9.17) is 34.4 Å². The Kier molecular flexibility index (Phi) is 36.2. The maximum Gasteiger partial charge on any atom is 0.243 e. The van der Waals surface area contributed by atoms with E-state index in [1.54, 1.807) is 164 Å². The van der Waals surface area contributed by atoms with Crippen molar-refractivity contribution in [1.82, 2.24) is 47.9 Å². The summed E-state index contributed by atoms with van der Waals surface area (Å²) < 4.78 is 0. The molecule has 10 amide bonds. The molecule has 25 heteroatoms. The number of carbonyl (C=O) groups excluding carboxylic acids is 10. The SMILES string of the molecule is NCCCC[C@H](NC(=O)[C@H](Cc1ccccc1)NC(=O)[C@H](Cc1ccccc1)NC(=O)[C@H](CCCCN)NC(=O)[C@H](Cc1ccccc1)NC(=O)[C@H](Cc1ccccc1)NC(=O)[C@H](CCCCN)NC(=O)[C@H](Cc1ccccc1)NC(=O)[C@H](Cc1ccccc1)NC(=O)[C@@H](N)CCCCN)C(N)=O. The molecule has 0 bridgehead atoms. The second kappa shape index (κ2) is 45.6. The third kappa shape index (κ3) is 29.7. The van der Waals surface area contributed by atoms with Crippen LogP contribution in [0.2, 0.25) is 0 Å². The molecule has 103 heavy (non-hydrogen) atoms. The molecule has 21 N–H and O–H groups in total. The molecule has 0 fully saturated rings. The van der Waals surface area contributed by atoms with E-state index in [9.17, 15) is 33.6 Å². The van der Waals surface area contributed by atoms with Gasteiger partial charge < -0.3 is 82.3 Å². The van der Waals surface area contributed by atoms with Crippen molar-refractivity contribution in [3.63, 3.8) is 0 Å². The van der Waals surface area contributed by atoms with Crippen molar-refractivity contribution in [1.29, 1.82) is 0 Å². The summed E-state index contributed by atoms with van der Waals surface area (Å²) in [5, 5.41) is 25.6. The van der Waals surface area contributed by atoms with Crippen LogP contribution in [-0.4, -0.2) is 146 Å². The topological polar surface area (TPSA) is 435 Å². The summed E-state index contributed by atoms with van der Waals surface area (Å²) in [5.74, 6) is -7.30. The number of benzene rings is 6. The fraction of sp³-hybridized carbons (Fsp3) is 0.410. The third-order valence-electron chi connectivity index (χ3n) is 17.6. The van der Waals surface area contributed by atoms with E-state index in [0.29, 0.717) is 98.7 Å². The Labute approximate surface area is 604 Å². The average molecular weight is 1410 g/mol. The first-order chi connectivity index (χ1) is 49.9. The van der Waals surface area contributed by atoms with Gasteiger partial charge in [0.25, 0.3) is 0 Å². The van der Waals surface area contributed by atoms with Crippen LogP contribution in [0.15, 0.2) is 182 Å². The molecule has 6 aromatic rings. The lowest BCUT2D eigenvalue weighted by Crippen LogP contribution is -2.61. The minimum atomic E-state index is -1.40. The van der Waals surface area contributed by atoms with Crippen molar-refractivity contribution in [3.8, 4) is 0 Å². The molecule has 0 saturated heterocycles. The highest BCUT2D eigenvalue weighted by atomic mass is 16.2. The molecular formula is C78H105N15O10. The molecule has 6 aromatic carbocycles. The number of nitrogens with one attached hydrogen (secondary N) is 9. The van der Waals surface area contributed by atoms with E-state index >= 15 is 14.4 Å². The Hall–Kier alpha value is -10.2. The van der Waals surface area contributed by atoms with Gasteiger partial charge in [0.15, 0.2) is 0 Å². The minimum absolute atomic E-state index is 0.00219. The van der Waals surface area contributed by atoms with Crippen LogP contribution in [0.5, 0.6) is 0 Å². The first-order valence-corrected chi connectivity index (χ1v) is 35.7. The molecule has 6 rings (SSSR count). The van der Waals surface area contributed by atoms with Gasteiger partial charge in [0.1, 0.15) is 54.4 Å². The van der Waals surface area contributed by atoms with Gasteiger partial charge in [0.2, 0.25) is 59.1 Å². The molecule has 0 heterocycles. The monoisotopic (exact) mass is 1410 g/mol. The molecule has 552 valence electrons. The van der Waals surface area contributed by atoms with Gasteiger partial charge in [0, 0.05) is 38.5 Å². The van der Waals surface area contributed by atoms with Gasteiger partial charge >= 0.3 is 0 Å². The van der Waals surface area contributed by atoms with E-state index in [-0.39, 0.29) is 70.9 Å². The van der Waals surface area contributed by atoms with Crippen molar-refractivity contribution in [2.24, 2.45) is 34.4 Å². The van der Waals surface area contributed by atoms with E-state index < -0.39 is 119 Å². The normalized spacial score (nSPS) is 14.0. The summed E-state index contributed by atoms with van der Waals surface area (Å²) in [6, 6.07) is 40.9. The van der Waals surface area contributed by atoms with Crippen LogP contribution in [0, 0.1) is 0 Å². The van der Waals surface area contributed by atoms with Gasteiger partial charge in [-0.1, -0.05) is 188 Å². The molecule has 0 radical (unpaired) electrons. The van der Waals surface area contributed by atoms with E-state index in [1.807, 2.05) is 18.2 Å². The van der Waals surface area contributed by atoms with Crippen molar-refractivity contribution < 1.29 is 47.9 Å². The second-order valence-corrected chi connectivity index (χ2v) is 25.8. The van der Waals surface area contributed by atoms with Gasteiger partial charge in [-0.3, -0.25) is 47.9 Å². The molecule has 0 aromatic heterocycles. The standard InChI is InChI=1S/C78H105N15O10/c79-43-23-19-39-59(83)70(95)88-63(47-53-27-7-1-8-28-53)76(101)92-65(49-55-31-11-3-12-32-55)74(99)86-61(41-21-25-45-81)72(97)90-68(52-58-37-17-6-18-38-58)78(103)93-66(50-56-33-13-4-14-34-56)75(100)87-62(42-22-26-46-82)71(96)89-67(51-57-35-15-5-16-36-57)77(102)91-64(48-54-29-9-2-10-30-54)73(98)85-60(69(84)94)40-20-24-44-80/h1-18,27-38,59-68H,19-26,39-52,79-83H2,(H2,84,94)(H,85,98)(H,86,99)(H,87,100)(H,88,95)(H,89,96)(H,90,97)(H,91,102)(H,92,101)(H,93,103)/t59-,60-,61-,62-,63-,64-,65-,66-,67-,68-/m0/s1. The maximum absolute atomic E-state index is 15.2. The number of hydrogen-bond donors (Lipinski definition) is 15. The van der Waals surface area contributed by atoms with Crippen LogP contribution < -0.4 is 82.3 Å². The van der Waals surface area contributed by atoms with Crippen molar-refractivity contribution in [3.05, 3.63) is 215 Å². The maximum atomic E-state index is 15.2. The number of hydrogen-bond acceptors (Lipinski definition) is 15. The highest BCUT2D eigenvalue weighted by Gasteiger charge is 2.36. The zero-order valence-electron chi connectivity index (χ0n) is 58.7. The van der Waals surface area contributed by atoms with Gasteiger partial charge in [-0.25, -0.2) is 0 Å². The molecule has 0 unspecified atom stereocenters. The molecule has 25 nitrogen and oxygen atoms in total. The van der Waals surface area contributed by atoms with Gasteiger partial charge in [-0.15, -0.1) is 0 Å². The Morgan fingerprint density at radius 2 is 0.408 bits per heavy atom. The Morgan fingerprint density at radius 3 is 0.621 bits per heavy atom. The van der Waals surface area contributed by atoms with Crippen LogP contribution in [-0.2, 0) is 86.5 Å². The third-order valence-corrected chi connectivity index (χ3v) is 17.6. The lowest BCUT2D eigenvalue weighted by molar-refractivity contribution is -0.136. The molecule has 0 aliphatic heterocycles. The summed E-state index contributed by atoms with van der Waals surface area (Å²) in [6.45, 7) is 1.30. The first-order valence-electron chi connectivity index (χ1n) is 35.7. The minimum Gasteiger partial charge on any atom is -0.368 e. The summed E-state index contributed by atoms with van der Waals surface area (Å²) >= 11 is 0. The Bertz CT molecular complexity index is 3570. The number of amides is 10. The quantitative estimate of drug-likeness (QED) is 0.0243. The highest BCUT2D eigenvalue weighted by Crippen LogP contribution is 2.16. The van der Waals surface area contributed by atoms with Gasteiger partial charge in [-0.2, -0.15) is 0 Å². The zero-order chi connectivity index (χ0) is 74.1. The van der Waals surface area contributed by atoms with Crippen molar-refractivity contribution >= 4 is 59.1 Å². The molecule has 0 aliphatic rings. The van der Waals surface area contributed by atoms with Crippen molar-refractivity contribution in [2.45, 2.75) is 176 Å². The highest BCUT2D eigenvalue weighted by molar-refractivity contribution is 5.99. The molecule has 0 saturated carbocycles. The number of unbranched alkanes of at least 4 members (excludes halogenated alkanes) is 4. The van der Waals surface area contributed by atoms with Crippen LogP contribution in [0.1, 0.15) is 110 Å². The summed E-state index contributed by atoms with van der Waals surface area (Å²) in [5.41, 5.74) is 39.4. The summed E-state index contributed by atoms with van der Waals surface area (Å²) in [6.07, 6.45) is 4.33. The van der Waals surface area contributed by atoms with Crippen LogP contribution in [0.3, 0.4) is 0 Å². The van der Waals surface area contributed by atoms with Crippen LogP contribution in [0.25, 0.3) is 0 Å². The van der Waals surface area contributed by atoms with Crippen molar-refractivity contribution in [2.75, 3.05) is 26.2 Å².